The van der Waals surface area contributed by atoms with Crippen molar-refractivity contribution in [2.24, 2.45) is 0 Å². The number of nitrogens with one attached hydrogen (secondary N) is 2. The van der Waals surface area contributed by atoms with Crippen LogP contribution in [-0.2, 0) is 4.79 Å². The highest BCUT2D eigenvalue weighted by atomic mass is 16.5. The van der Waals surface area contributed by atoms with Gasteiger partial charge in [-0.05, 0) is 24.6 Å². The molecule has 3 N–H and O–H groups in total. The van der Waals surface area contributed by atoms with Crippen LogP contribution in [0.1, 0.15) is 34.1 Å². The number of methoxy groups -OCH3 is 2. The largest absolute Gasteiger partial charge is 0.493 e. The van der Waals surface area contributed by atoms with Crippen LogP contribution < -0.4 is 14.8 Å². The molecule has 3 rings (SSSR count). The molecule has 0 bridgehead atoms. The highest BCUT2D eigenvalue weighted by molar-refractivity contribution is 5.97. The van der Waals surface area contributed by atoms with Gasteiger partial charge in [0.2, 0.25) is 0 Å². The highest BCUT2D eigenvalue weighted by Crippen LogP contribution is 2.36. The molecule has 1 heterocycles. The normalized spacial score (nSPS) is 11.6. The van der Waals surface area contributed by atoms with E-state index in [1.807, 2.05) is 30.3 Å². The van der Waals surface area contributed by atoms with Crippen LogP contribution in [0, 0.1) is 6.92 Å². The Labute approximate surface area is 174 Å². The van der Waals surface area contributed by atoms with Crippen LogP contribution in [0.15, 0.2) is 54.6 Å². The van der Waals surface area contributed by atoms with Crippen molar-refractivity contribution in [3.63, 3.8) is 0 Å². The first-order valence-corrected chi connectivity index (χ1v) is 9.43. The fraction of sp³-hybridized carbons (Fsp3) is 0.217. The number of hydrogen-bond donors (Lipinski definition) is 3. The van der Waals surface area contributed by atoms with E-state index in [-0.39, 0.29) is 12.3 Å². The summed E-state index contributed by atoms with van der Waals surface area (Å²) in [6.07, 6.45) is -0.301. The SMILES string of the molecule is COc1cccc(C(CC(=O)O)NC(=O)c2cc(-c3ccccc3)[nH]c2C)c1OC. The monoisotopic (exact) mass is 408 g/mol. The Morgan fingerprint density at radius 1 is 1.07 bits per heavy atom. The molecule has 156 valence electrons. The molecule has 0 aliphatic carbocycles. The van der Waals surface area contributed by atoms with Gasteiger partial charge in [0.05, 0.1) is 32.2 Å². The number of aliphatic carboxylic acids is 1. The Morgan fingerprint density at radius 2 is 1.80 bits per heavy atom. The van der Waals surface area contributed by atoms with Crippen molar-refractivity contribution in [3.8, 4) is 22.8 Å². The molecule has 0 aliphatic heterocycles. The van der Waals surface area contributed by atoms with Crippen molar-refractivity contribution < 1.29 is 24.2 Å². The Hall–Kier alpha value is -3.74. The minimum absolute atomic E-state index is 0.301. The van der Waals surface area contributed by atoms with Gasteiger partial charge in [-0.1, -0.05) is 42.5 Å². The van der Waals surface area contributed by atoms with Crippen molar-refractivity contribution in [2.75, 3.05) is 14.2 Å². The molecule has 7 heteroatoms. The summed E-state index contributed by atoms with van der Waals surface area (Å²) < 4.78 is 10.7. The summed E-state index contributed by atoms with van der Waals surface area (Å²) in [4.78, 5) is 27.7. The molecule has 0 fully saturated rings. The molecule has 30 heavy (non-hydrogen) atoms. The summed E-state index contributed by atoms with van der Waals surface area (Å²) in [7, 11) is 2.98. The van der Waals surface area contributed by atoms with Crippen molar-refractivity contribution >= 4 is 11.9 Å². The van der Waals surface area contributed by atoms with Gasteiger partial charge in [0.15, 0.2) is 11.5 Å². The molecule has 1 aromatic heterocycles. The quantitative estimate of drug-likeness (QED) is 0.524. The van der Waals surface area contributed by atoms with Crippen LogP contribution >= 0.6 is 0 Å². The summed E-state index contributed by atoms with van der Waals surface area (Å²) in [6.45, 7) is 1.81. The maximum Gasteiger partial charge on any atom is 0.305 e. The first kappa shape index (κ1) is 21.0. The van der Waals surface area contributed by atoms with Gasteiger partial charge in [0, 0.05) is 17.0 Å². The summed E-state index contributed by atoms with van der Waals surface area (Å²) in [5.74, 6) is -0.561. The summed E-state index contributed by atoms with van der Waals surface area (Å²) in [5.41, 5.74) is 3.44. The second kappa shape index (κ2) is 9.17. The smallest absolute Gasteiger partial charge is 0.305 e. The van der Waals surface area contributed by atoms with Crippen molar-refractivity contribution in [1.82, 2.24) is 10.3 Å². The maximum absolute atomic E-state index is 13.0. The van der Waals surface area contributed by atoms with E-state index in [0.717, 1.165) is 11.3 Å². The van der Waals surface area contributed by atoms with Gasteiger partial charge in [-0.2, -0.15) is 0 Å². The third-order valence-electron chi connectivity index (χ3n) is 4.84. The van der Waals surface area contributed by atoms with Gasteiger partial charge >= 0.3 is 5.97 Å². The minimum Gasteiger partial charge on any atom is -0.493 e. The fourth-order valence-electron chi connectivity index (χ4n) is 3.40. The summed E-state index contributed by atoms with van der Waals surface area (Å²) in [6, 6.07) is 15.8. The Balaban J connectivity index is 1.92. The van der Waals surface area contributed by atoms with Gasteiger partial charge < -0.3 is 24.9 Å². The van der Waals surface area contributed by atoms with Crippen LogP contribution in [0.2, 0.25) is 0 Å². The molecule has 1 atom stereocenters. The second-order valence-corrected chi connectivity index (χ2v) is 6.79. The third-order valence-corrected chi connectivity index (χ3v) is 4.84. The zero-order chi connectivity index (χ0) is 21.7. The van der Waals surface area contributed by atoms with Gasteiger partial charge in [0.25, 0.3) is 5.91 Å². The standard InChI is InChI=1S/C23H24N2O5/c1-14-17(12-18(24-14)15-8-5-4-6-9-15)23(28)25-19(13-21(26)27)16-10-7-11-20(29-2)22(16)30-3/h4-12,19,24H,13H2,1-3H3,(H,25,28)(H,26,27). The fourth-order valence-corrected chi connectivity index (χ4v) is 3.40. The molecule has 0 aliphatic rings. The Bertz CT molecular complexity index is 1040. The topological polar surface area (TPSA) is 101 Å². The Kier molecular flexibility index (Phi) is 6.41. The van der Waals surface area contributed by atoms with Gasteiger partial charge in [0.1, 0.15) is 0 Å². The lowest BCUT2D eigenvalue weighted by Gasteiger charge is -2.21. The zero-order valence-corrected chi connectivity index (χ0v) is 17.1. The van der Waals surface area contributed by atoms with Crippen LogP contribution in [-0.4, -0.2) is 36.2 Å². The minimum atomic E-state index is -1.04. The van der Waals surface area contributed by atoms with Gasteiger partial charge in [-0.15, -0.1) is 0 Å². The van der Waals surface area contributed by atoms with Gasteiger partial charge in [-0.25, -0.2) is 0 Å². The Morgan fingerprint density at radius 3 is 2.43 bits per heavy atom. The number of hydrogen-bond acceptors (Lipinski definition) is 4. The zero-order valence-electron chi connectivity index (χ0n) is 17.1. The van der Waals surface area contributed by atoms with E-state index < -0.39 is 12.0 Å². The number of amides is 1. The molecule has 0 saturated carbocycles. The molecular formula is C23H24N2O5. The number of benzene rings is 2. The van der Waals surface area contributed by atoms with Crippen LogP contribution in [0.5, 0.6) is 11.5 Å². The average Bonchev–Trinajstić information content (AvgIpc) is 3.14. The number of para-hydroxylation sites is 1. The number of aromatic amines is 1. The number of rotatable bonds is 8. The number of carbonyl (C=O) groups is 2. The lowest BCUT2D eigenvalue weighted by atomic mass is 10.0. The number of ether oxygens (including phenoxy) is 2. The van der Waals surface area contributed by atoms with Crippen LogP contribution in [0.25, 0.3) is 11.3 Å². The van der Waals surface area contributed by atoms with E-state index in [0.29, 0.717) is 28.3 Å². The predicted octanol–water partition coefficient (Wildman–Crippen LogP) is 3.95. The molecule has 2 aromatic carbocycles. The molecule has 0 radical (unpaired) electrons. The lowest BCUT2D eigenvalue weighted by molar-refractivity contribution is -0.137. The number of H-pyrrole nitrogens is 1. The van der Waals surface area contributed by atoms with E-state index in [1.54, 1.807) is 31.2 Å². The number of aryl methyl sites for hydroxylation is 1. The highest BCUT2D eigenvalue weighted by Gasteiger charge is 2.25. The maximum atomic E-state index is 13.0. The first-order chi connectivity index (χ1) is 14.4. The molecular weight excluding hydrogens is 384 g/mol. The molecule has 0 spiro atoms. The van der Waals surface area contributed by atoms with E-state index in [2.05, 4.69) is 10.3 Å². The van der Waals surface area contributed by atoms with E-state index in [9.17, 15) is 14.7 Å². The van der Waals surface area contributed by atoms with Crippen LogP contribution in [0.3, 0.4) is 0 Å². The lowest BCUT2D eigenvalue weighted by Crippen LogP contribution is -2.30. The predicted molar refractivity (Wildman–Crippen MR) is 113 cm³/mol. The average molecular weight is 408 g/mol. The molecule has 1 amide bonds. The van der Waals surface area contributed by atoms with E-state index in [4.69, 9.17) is 9.47 Å². The molecule has 7 nitrogen and oxygen atoms in total. The number of aromatic nitrogens is 1. The van der Waals surface area contributed by atoms with E-state index >= 15 is 0 Å². The van der Waals surface area contributed by atoms with Crippen molar-refractivity contribution in [1.29, 1.82) is 0 Å². The van der Waals surface area contributed by atoms with E-state index in [1.165, 1.54) is 14.2 Å². The van der Waals surface area contributed by atoms with Gasteiger partial charge in [-0.3, -0.25) is 9.59 Å². The van der Waals surface area contributed by atoms with Crippen molar-refractivity contribution in [3.05, 3.63) is 71.4 Å². The summed E-state index contributed by atoms with van der Waals surface area (Å²) >= 11 is 0. The number of carboxylic acid groups (broad SMARTS) is 1. The third kappa shape index (κ3) is 4.46. The van der Waals surface area contributed by atoms with Crippen LogP contribution in [0.4, 0.5) is 0 Å². The number of carbonyl (C=O) groups excluding carboxylic acids is 1. The molecule has 0 saturated heterocycles. The first-order valence-electron chi connectivity index (χ1n) is 9.43. The second-order valence-electron chi connectivity index (χ2n) is 6.79. The molecule has 1 unspecified atom stereocenters. The number of carboxylic acids is 1. The molecule has 3 aromatic rings. The summed E-state index contributed by atoms with van der Waals surface area (Å²) in [5, 5.41) is 12.2. The van der Waals surface area contributed by atoms with Crippen molar-refractivity contribution in [2.45, 2.75) is 19.4 Å².